The van der Waals surface area contributed by atoms with Crippen LogP contribution in [0.1, 0.15) is 28.4 Å². The van der Waals surface area contributed by atoms with Gasteiger partial charge in [-0.2, -0.15) is 0 Å². The number of aromatic nitrogens is 2. The van der Waals surface area contributed by atoms with Crippen molar-refractivity contribution in [3.63, 3.8) is 0 Å². The summed E-state index contributed by atoms with van der Waals surface area (Å²) < 4.78 is 5.19. The van der Waals surface area contributed by atoms with Gasteiger partial charge in [-0.1, -0.05) is 30.8 Å². The summed E-state index contributed by atoms with van der Waals surface area (Å²) in [6, 6.07) is 7.48. The van der Waals surface area contributed by atoms with Gasteiger partial charge in [0.05, 0.1) is 17.1 Å². The van der Waals surface area contributed by atoms with Gasteiger partial charge in [-0.15, -0.1) is 21.5 Å². The Morgan fingerprint density at radius 2 is 2.22 bits per heavy atom. The molecule has 1 aromatic heterocycles. The van der Waals surface area contributed by atoms with Crippen LogP contribution in [-0.2, 0) is 11.2 Å². The molecular weight excluding hydrogens is 330 g/mol. The third-order valence-electron chi connectivity index (χ3n) is 3.41. The van der Waals surface area contributed by atoms with Crippen molar-refractivity contribution in [1.29, 1.82) is 5.41 Å². The number of methoxy groups -OCH3 is 1. The van der Waals surface area contributed by atoms with Crippen molar-refractivity contribution in [2.75, 3.05) is 7.11 Å². The molecule has 5 nitrogen and oxygen atoms in total. The number of ether oxygens (including phenoxy) is 1. The maximum Gasteiger partial charge on any atom is 0.186 e. The predicted molar refractivity (Wildman–Crippen MR) is 93.3 cm³/mol. The average molecular weight is 345 g/mol. The van der Waals surface area contributed by atoms with Gasteiger partial charge in [0.2, 0.25) is 0 Å². The standard InChI is InChI=1S/C16H15N3O2S2/c1-3-12-18-19-16(23-12)13-14(20)11(22-15(13)17)8-9-5-4-6-10(7-9)21-2/h4-8,13,17H,3H2,1-2H3/b11-8-,17-15?/t13-/m1/s1. The van der Waals surface area contributed by atoms with Gasteiger partial charge in [0.15, 0.2) is 5.78 Å². The van der Waals surface area contributed by atoms with E-state index in [1.165, 1.54) is 23.1 Å². The van der Waals surface area contributed by atoms with Crippen LogP contribution in [0.4, 0.5) is 0 Å². The summed E-state index contributed by atoms with van der Waals surface area (Å²) in [4.78, 5) is 13.2. The zero-order chi connectivity index (χ0) is 16.4. The molecule has 0 bridgehead atoms. The Labute approximate surface area is 142 Å². The lowest BCUT2D eigenvalue weighted by Gasteiger charge is -2.02. The van der Waals surface area contributed by atoms with Crippen LogP contribution in [0.2, 0.25) is 0 Å². The van der Waals surface area contributed by atoms with Gasteiger partial charge in [-0.25, -0.2) is 0 Å². The molecular formula is C16H15N3O2S2. The number of thioether (sulfide) groups is 1. The van der Waals surface area contributed by atoms with Crippen molar-refractivity contribution < 1.29 is 9.53 Å². The van der Waals surface area contributed by atoms with E-state index >= 15 is 0 Å². The Hall–Kier alpha value is -1.99. The topological polar surface area (TPSA) is 75.9 Å². The molecule has 1 aliphatic heterocycles. The van der Waals surface area contributed by atoms with Crippen molar-refractivity contribution in [3.05, 3.63) is 44.7 Å². The first-order valence-electron chi connectivity index (χ1n) is 7.11. The monoisotopic (exact) mass is 345 g/mol. The van der Waals surface area contributed by atoms with Crippen LogP contribution in [-0.4, -0.2) is 28.1 Å². The largest absolute Gasteiger partial charge is 0.497 e. The van der Waals surface area contributed by atoms with Crippen molar-refractivity contribution in [2.45, 2.75) is 19.3 Å². The molecule has 3 rings (SSSR count). The number of nitrogens with zero attached hydrogens (tertiary/aromatic N) is 2. The molecule has 23 heavy (non-hydrogen) atoms. The minimum Gasteiger partial charge on any atom is -0.497 e. The van der Waals surface area contributed by atoms with Crippen molar-refractivity contribution in [2.24, 2.45) is 0 Å². The molecule has 0 amide bonds. The second-order valence-electron chi connectivity index (χ2n) is 4.94. The minimum absolute atomic E-state index is 0.0818. The molecule has 118 valence electrons. The van der Waals surface area contributed by atoms with Crippen LogP contribution >= 0.6 is 23.1 Å². The zero-order valence-electron chi connectivity index (χ0n) is 12.7. The number of carbonyl (C=O) groups is 1. The van der Waals surface area contributed by atoms with Crippen LogP contribution in [0.25, 0.3) is 6.08 Å². The van der Waals surface area contributed by atoms with Gasteiger partial charge < -0.3 is 4.74 Å². The average Bonchev–Trinajstić information content (AvgIpc) is 3.12. The number of hydrogen-bond acceptors (Lipinski definition) is 7. The highest BCUT2D eigenvalue weighted by Gasteiger charge is 2.39. The quantitative estimate of drug-likeness (QED) is 0.858. The molecule has 1 N–H and O–H groups in total. The van der Waals surface area contributed by atoms with Gasteiger partial charge in [-0.3, -0.25) is 10.2 Å². The summed E-state index contributed by atoms with van der Waals surface area (Å²) in [7, 11) is 1.61. The lowest BCUT2D eigenvalue weighted by molar-refractivity contribution is -0.114. The first-order chi connectivity index (χ1) is 11.1. The van der Waals surface area contributed by atoms with E-state index < -0.39 is 5.92 Å². The SMILES string of the molecule is CCc1nnc([C@H]2C(=N)S/C(=C\c3cccc(OC)c3)C2=O)s1. The van der Waals surface area contributed by atoms with E-state index in [1.807, 2.05) is 31.2 Å². The molecule has 1 aromatic carbocycles. The number of benzene rings is 1. The van der Waals surface area contributed by atoms with Crippen molar-refractivity contribution >= 4 is 40.0 Å². The molecule has 2 heterocycles. The fourth-order valence-electron chi connectivity index (χ4n) is 2.22. The minimum atomic E-state index is -0.602. The van der Waals surface area contributed by atoms with Gasteiger partial charge in [-0.05, 0) is 30.2 Å². The Morgan fingerprint density at radius 1 is 1.39 bits per heavy atom. The van der Waals surface area contributed by atoms with Crippen LogP contribution in [0, 0.1) is 5.41 Å². The fraction of sp³-hybridized carbons (Fsp3) is 0.250. The summed E-state index contributed by atoms with van der Waals surface area (Å²) in [6.45, 7) is 1.99. The van der Waals surface area contributed by atoms with Crippen molar-refractivity contribution in [1.82, 2.24) is 10.2 Å². The summed E-state index contributed by atoms with van der Waals surface area (Å²) >= 11 is 2.60. The summed E-state index contributed by atoms with van der Waals surface area (Å²) in [5.41, 5.74) is 0.875. The number of rotatable bonds is 4. The number of carbonyl (C=O) groups excluding carboxylic acids is 1. The Morgan fingerprint density at radius 3 is 2.91 bits per heavy atom. The van der Waals surface area contributed by atoms with Gasteiger partial charge >= 0.3 is 0 Å². The second kappa shape index (κ2) is 6.64. The molecule has 1 aliphatic rings. The smallest absolute Gasteiger partial charge is 0.186 e. The van der Waals surface area contributed by atoms with Crippen molar-refractivity contribution in [3.8, 4) is 5.75 Å². The zero-order valence-corrected chi connectivity index (χ0v) is 14.3. The van der Waals surface area contributed by atoms with Crippen LogP contribution < -0.4 is 4.74 Å². The van der Waals surface area contributed by atoms with E-state index in [2.05, 4.69) is 10.2 Å². The molecule has 0 unspecified atom stereocenters. The van der Waals surface area contributed by atoms with E-state index in [0.717, 1.165) is 22.7 Å². The number of Topliss-reactive ketones (excluding diaryl/α,β-unsaturated/α-hetero) is 1. The van der Waals surface area contributed by atoms with E-state index in [9.17, 15) is 4.79 Å². The maximum absolute atomic E-state index is 12.7. The lowest BCUT2D eigenvalue weighted by Crippen LogP contribution is -2.11. The van der Waals surface area contributed by atoms with E-state index in [4.69, 9.17) is 10.1 Å². The maximum atomic E-state index is 12.7. The van der Waals surface area contributed by atoms with Gasteiger partial charge in [0, 0.05) is 0 Å². The summed E-state index contributed by atoms with van der Waals surface area (Å²) in [5.74, 6) is 0.0504. The highest BCUT2D eigenvalue weighted by atomic mass is 32.2. The van der Waals surface area contributed by atoms with E-state index in [1.54, 1.807) is 13.2 Å². The Balaban J connectivity index is 1.89. The third kappa shape index (κ3) is 3.20. The predicted octanol–water partition coefficient (Wildman–Crippen LogP) is 3.53. The lowest BCUT2D eigenvalue weighted by atomic mass is 10.1. The second-order valence-corrected chi connectivity index (χ2v) is 7.11. The summed E-state index contributed by atoms with van der Waals surface area (Å²) in [6.07, 6.45) is 2.58. The first kappa shape index (κ1) is 15.9. The normalized spacial score (nSPS) is 19.6. The van der Waals surface area contributed by atoms with Gasteiger partial charge in [0.1, 0.15) is 21.7 Å². The number of aryl methyl sites for hydroxylation is 1. The number of ketones is 1. The van der Waals surface area contributed by atoms with Gasteiger partial charge in [0.25, 0.3) is 0 Å². The highest BCUT2D eigenvalue weighted by molar-refractivity contribution is 8.19. The molecule has 0 radical (unpaired) electrons. The molecule has 0 saturated carbocycles. The molecule has 2 aromatic rings. The van der Waals surface area contributed by atoms with Crippen LogP contribution in [0.5, 0.6) is 5.75 Å². The van der Waals surface area contributed by atoms with Crippen LogP contribution in [0.3, 0.4) is 0 Å². The number of allylic oxidation sites excluding steroid dienone is 1. The molecule has 1 saturated heterocycles. The first-order valence-corrected chi connectivity index (χ1v) is 8.74. The molecule has 7 heteroatoms. The number of hydrogen-bond donors (Lipinski definition) is 1. The molecule has 1 atom stereocenters. The fourth-order valence-corrected chi connectivity index (χ4v) is 4.18. The third-order valence-corrected chi connectivity index (χ3v) is 5.54. The highest BCUT2D eigenvalue weighted by Crippen LogP contribution is 2.41. The van der Waals surface area contributed by atoms with Crippen LogP contribution in [0.15, 0.2) is 29.2 Å². The summed E-state index contributed by atoms with van der Waals surface area (Å²) in [5, 5.41) is 18.1. The van der Waals surface area contributed by atoms with E-state index in [0.29, 0.717) is 15.0 Å². The molecule has 0 aliphatic carbocycles. The molecule has 1 fully saturated rings. The Bertz CT molecular complexity index is 798. The van der Waals surface area contributed by atoms with E-state index in [-0.39, 0.29) is 5.78 Å². The molecule has 0 spiro atoms. The number of nitrogens with one attached hydrogen (secondary N) is 1. The Kier molecular flexibility index (Phi) is 4.58.